The largest absolute Gasteiger partial charge is 0.494 e. The monoisotopic (exact) mass is 323 g/mol. The van der Waals surface area contributed by atoms with E-state index in [-0.39, 0.29) is 12.3 Å². The highest BCUT2D eigenvalue weighted by molar-refractivity contribution is 5.91. The van der Waals surface area contributed by atoms with Crippen LogP contribution in [0.1, 0.15) is 12.5 Å². The highest BCUT2D eigenvalue weighted by atomic mass is 16.5. The first-order chi connectivity index (χ1) is 11.7. The maximum Gasteiger partial charge on any atom is 0.231 e. The fourth-order valence-electron chi connectivity index (χ4n) is 2.22. The van der Waals surface area contributed by atoms with Gasteiger partial charge in [-0.05, 0) is 36.8 Å². The Kier molecular flexibility index (Phi) is 4.86. The van der Waals surface area contributed by atoms with E-state index in [0.717, 1.165) is 16.9 Å². The van der Waals surface area contributed by atoms with Gasteiger partial charge in [-0.25, -0.2) is 0 Å². The zero-order chi connectivity index (χ0) is 16.8. The zero-order valence-corrected chi connectivity index (χ0v) is 13.2. The van der Waals surface area contributed by atoms with Crippen LogP contribution in [0.5, 0.6) is 5.75 Å². The van der Waals surface area contributed by atoms with Gasteiger partial charge in [0.15, 0.2) is 0 Å². The summed E-state index contributed by atoms with van der Waals surface area (Å²) in [6, 6.07) is 12.8. The summed E-state index contributed by atoms with van der Waals surface area (Å²) in [7, 11) is 0. The Hall–Kier alpha value is -3.15. The third kappa shape index (κ3) is 3.98. The molecule has 0 bridgehead atoms. The summed E-state index contributed by atoms with van der Waals surface area (Å²) in [6.07, 6.45) is 3.61. The van der Waals surface area contributed by atoms with Crippen LogP contribution in [0.2, 0.25) is 0 Å². The number of nitrogens with one attached hydrogen (secondary N) is 1. The standard InChI is InChI=1S/C18H17N3O3/c1-2-23-15-7-5-13(6-8-15)10-17(22)20-18-11-16(21-24-18)14-4-3-9-19-12-14/h3-9,11-12H,2,10H2,1H3,(H,20,22). The zero-order valence-electron chi connectivity index (χ0n) is 13.2. The summed E-state index contributed by atoms with van der Waals surface area (Å²) in [5.74, 6) is 0.927. The third-order valence-corrected chi connectivity index (χ3v) is 3.33. The van der Waals surface area contributed by atoms with E-state index >= 15 is 0 Å². The van der Waals surface area contributed by atoms with Gasteiger partial charge in [0.25, 0.3) is 0 Å². The normalized spacial score (nSPS) is 10.4. The van der Waals surface area contributed by atoms with Crippen molar-refractivity contribution in [3.05, 3.63) is 60.4 Å². The Balaban J connectivity index is 1.60. The van der Waals surface area contributed by atoms with Crippen molar-refractivity contribution < 1.29 is 14.1 Å². The van der Waals surface area contributed by atoms with E-state index in [0.29, 0.717) is 18.2 Å². The predicted octanol–water partition coefficient (Wildman–Crippen LogP) is 3.32. The highest BCUT2D eigenvalue weighted by Gasteiger charge is 2.10. The lowest BCUT2D eigenvalue weighted by atomic mass is 10.1. The molecular formula is C18H17N3O3. The van der Waals surface area contributed by atoms with Crippen molar-refractivity contribution in [3.63, 3.8) is 0 Å². The second-order valence-corrected chi connectivity index (χ2v) is 5.12. The molecule has 24 heavy (non-hydrogen) atoms. The molecule has 0 aliphatic carbocycles. The molecule has 0 fully saturated rings. The SMILES string of the molecule is CCOc1ccc(CC(=O)Nc2cc(-c3cccnc3)no2)cc1. The maximum absolute atomic E-state index is 12.1. The van der Waals surface area contributed by atoms with E-state index in [1.54, 1.807) is 18.5 Å². The van der Waals surface area contributed by atoms with E-state index in [1.165, 1.54) is 0 Å². The molecule has 0 aliphatic heterocycles. The molecule has 0 unspecified atom stereocenters. The van der Waals surface area contributed by atoms with Crippen molar-refractivity contribution >= 4 is 11.8 Å². The van der Waals surface area contributed by atoms with Gasteiger partial charge >= 0.3 is 0 Å². The smallest absolute Gasteiger partial charge is 0.231 e. The van der Waals surface area contributed by atoms with Crippen LogP contribution in [0.3, 0.4) is 0 Å². The number of hydrogen-bond acceptors (Lipinski definition) is 5. The van der Waals surface area contributed by atoms with Crippen LogP contribution in [-0.4, -0.2) is 22.7 Å². The van der Waals surface area contributed by atoms with Gasteiger partial charge in [0, 0.05) is 24.0 Å². The van der Waals surface area contributed by atoms with Gasteiger partial charge in [0.2, 0.25) is 11.8 Å². The van der Waals surface area contributed by atoms with Crippen molar-refractivity contribution in [1.82, 2.24) is 10.1 Å². The van der Waals surface area contributed by atoms with Gasteiger partial charge in [0.1, 0.15) is 11.4 Å². The minimum atomic E-state index is -0.173. The van der Waals surface area contributed by atoms with Gasteiger partial charge in [-0.3, -0.25) is 15.1 Å². The summed E-state index contributed by atoms with van der Waals surface area (Å²) < 4.78 is 10.5. The first-order valence-electron chi connectivity index (χ1n) is 7.63. The Morgan fingerprint density at radius 1 is 1.25 bits per heavy atom. The van der Waals surface area contributed by atoms with Crippen molar-refractivity contribution in [2.45, 2.75) is 13.3 Å². The number of amides is 1. The summed E-state index contributed by atoms with van der Waals surface area (Å²) >= 11 is 0. The van der Waals surface area contributed by atoms with Crippen molar-refractivity contribution in [2.24, 2.45) is 0 Å². The highest BCUT2D eigenvalue weighted by Crippen LogP contribution is 2.20. The van der Waals surface area contributed by atoms with Crippen LogP contribution in [0.15, 0.2) is 59.4 Å². The van der Waals surface area contributed by atoms with Crippen LogP contribution >= 0.6 is 0 Å². The lowest BCUT2D eigenvalue weighted by Crippen LogP contribution is -2.13. The number of benzene rings is 1. The molecule has 3 aromatic rings. The number of nitrogens with zero attached hydrogens (tertiary/aromatic N) is 2. The molecule has 3 rings (SSSR count). The number of anilines is 1. The van der Waals surface area contributed by atoms with Gasteiger partial charge in [-0.2, -0.15) is 0 Å². The molecule has 0 radical (unpaired) electrons. The maximum atomic E-state index is 12.1. The molecule has 1 amide bonds. The van der Waals surface area contributed by atoms with Crippen LogP contribution in [0, 0.1) is 0 Å². The Bertz CT molecular complexity index is 798. The molecule has 1 aromatic carbocycles. The predicted molar refractivity (Wildman–Crippen MR) is 89.7 cm³/mol. The molecule has 1 N–H and O–H groups in total. The molecule has 0 atom stereocenters. The molecular weight excluding hydrogens is 306 g/mol. The minimum absolute atomic E-state index is 0.173. The molecule has 2 aromatic heterocycles. The van der Waals surface area contributed by atoms with Crippen LogP contribution < -0.4 is 10.1 Å². The molecule has 0 aliphatic rings. The number of hydrogen-bond donors (Lipinski definition) is 1. The Morgan fingerprint density at radius 3 is 2.79 bits per heavy atom. The van der Waals surface area contributed by atoms with Crippen molar-refractivity contribution in [3.8, 4) is 17.0 Å². The lowest BCUT2D eigenvalue weighted by Gasteiger charge is -2.04. The molecule has 6 nitrogen and oxygen atoms in total. The van der Waals surface area contributed by atoms with Gasteiger partial charge in [0.05, 0.1) is 13.0 Å². The molecule has 6 heteroatoms. The van der Waals surface area contributed by atoms with Crippen LogP contribution in [0.4, 0.5) is 5.88 Å². The lowest BCUT2D eigenvalue weighted by molar-refractivity contribution is -0.115. The molecule has 0 saturated heterocycles. The quantitative estimate of drug-likeness (QED) is 0.753. The first kappa shape index (κ1) is 15.7. The third-order valence-electron chi connectivity index (χ3n) is 3.33. The second-order valence-electron chi connectivity index (χ2n) is 5.12. The molecule has 0 spiro atoms. The summed E-state index contributed by atoms with van der Waals surface area (Å²) in [4.78, 5) is 16.1. The summed E-state index contributed by atoms with van der Waals surface area (Å²) in [5.41, 5.74) is 2.34. The molecule has 2 heterocycles. The van der Waals surface area contributed by atoms with E-state index < -0.39 is 0 Å². The number of aromatic nitrogens is 2. The number of ether oxygens (including phenoxy) is 1. The number of pyridine rings is 1. The molecule has 122 valence electrons. The fourth-order valence-corrected chi connectivity index (χ4v) is 2.22. The fraction of sp³-hybridized carbons (Fsp3) is 0.167. The number of rotatable bonds is 6. The van der Waals surface area contributed by atoms with Gasteiger partial charge < -0.3 is 9.26 Å². The van der Waals surface area contributed by atoms with Crippen LogP contribution in [0.25, 0.3) is 11.3 Å². The minimum Gasteiger partial charge on any atom is -0.494 e. The van der Waals surface area contributed by atoms with E-state index in [9.17, 15) is 4.79 Å². The second kappa shape index (κ2) is 7.41. The average Bonchev–Trinajstić information content (AvgIpc) is 3.06. The first-order valence-corrected chi connectivity index (χ1v) is 7.63. The van der Waals surface area contributed by atoms with E-state index in [1.807, 2.05) is 43.3 Å². The Labute approximate surface area is 139 Å². The van der Waals surface area contributed by atoms with Crippen LogP contribution in [-0.2, 0) is 11.2 Å². The Morgan fingerprint density at radius 2 is 2.08 bits per heavy atom. The average molecular weight is 323 g/mol. The topological polar surface area (TPSA) is 77.2 Å². The summed E-state index contributed by atoms with van der Waals surface area (Å²) in [6.45, 7) is 2.54. The molecule has 0 saturated carbocycles. The number of carbonyl (C=O) groups excluding carboxylic acids is 1. The van der Waals surface area contributed by atoms with Crippen molar-refractivity contribution in [2.75, 3.05) is 11.9 Å². The van der Waals surface area contributed by atoms with E-state index in [4.69, 9.17) is 9.26 Å². The van der Waals surface area contributed by atoms with Gasteiger partial charge in [-0.1, -0.05) is 17.3 Å². The summed E-state index contributed by atoms with van der Waals surface area (Å²) in [5, 5.41) is 6.63. The number of carbonyl (C=O) groups is 1. The van der Waals surface area contributed by atoms with Crippen molar-refractivity contribution in [1.29, 1.82) is 0 Å². The van der Waals surface area contributed by atoms with Gasteiger partial charge in [-0.15, -0.1) is 0 Å². The van der Waals surface area contributed by atoms with E-state index in [2.05, 4.69) is 15.5 Å².